The van der Waals surface area contributed by atoms with Crippen LogP contribution in [0.25, 0.3) is 22.1 Å². The Bertz CT molecular complexity index is 1480. The van der Waals surface area contributed by atoms with E-state index in [4.69, 9.17) is 9.52 Å². The number of rotatable bonds is 9. The van der Waals surface area contributed by atoms with Gasteiger partial charge in [0.25, 0.3) is 0 Å². The Labute approximate surface area is 216 Å². The molecule has 0 spiro atoms. The van der Waals surface area contributed by atoms with Crippen LogP contribution < -0.4 is 15.1 Å². The molecule has 1 N–H and O–H groups in total. The number of hydrogen-bond acceptors (Lipinski definition) is 7. The molecule has 0 saturated carbocycles. The third-order valence-corrected chi connectivity index (χ3v) is 7.81. The minimum Gasteiger partial charge on any atom is -0.748 e. The standard InChI is InChI=1S/C27H32N2O7S/c1-18-17-27(2,3)29(10-4-6-25(30)31)23-16-24-20(14-21(18)23)15-22(26(32)36-24)19-7-11-28(12-8-19)9-5-13-37(33,34)35/h7-8,11-12,14-16,18H,4-6,9-10,13,17H2,1-3H3,(H-,30,31,33,34,35). The largest absolute Gasteiger partial charge is 0.748 e. The van der Waals surface area contributed by atoms with Gasteiger partial charge in [-0.25, -0.2) is 17.8 Å². The zero-order chi connectivity index (χ0) is 27.0. The molecule has 1 aliphatic rings. The van der Waals surface area contributed by atoms with Gasteiger partial charge in [-0.05, 0) is 50.3 Å². The summed E-state index contributed by atoms with van der Waals surface area (Å²) in [5.41, 5.74) is 3.04. The summed E-state index contributed by atoms with van der Waals surface area (Å²) in [5, 5.41) is 9.89. The lowest BCUT2D eigenvalue weighted by atomic mass is 9.79. The van der Waals surface area contributed by atoms with Crippen LogP contribution in [0, 0.1) is 0 Å². The Morgan fingerprint density at radius 1 is 1.22 bits per heavy atom. The average Bonchev–Trinajstić information content (AvgIpc) is 2.79. The van der Waals surface area contributed by atoms with Crippen molar-refractivity contribution in [2.75, 3.05) is 17.2 Å². The molecule has 3 aromatic rings. The lowest BCUT2D eigenvalue weighted by Gasteiger charge is -2.47. The number of aromatic nitrogens is 1. The van der Waals surface area contributed by atoms with E-state index in [1.807, 2.05) is 12.1 Å². The van der Waals surface area contributed by atoms with Gasteiger partial charge in [0.1, 0.15) is 12.1 Å². The molecule has 1 aliphatic heterocycles. The van der Waals surface area contributed by atoms with Crippen molar-refractivity contribution in [1.29, 1.82) is 0 Å². The van der Waals surface area contributed by atoms with E-state index in [2.05, 4.69) is 31.7 Å². The van der Waals surface area contributed by atoms with Gasteiger partial charge in [-0.15, -0.1) is 0 Å². The summed E-state index contributed by atoms with van der Waals surface area (Å²) in [4.78, 5) is 26.2. The maximum atomic E-state index is 12.9. The van der Waals surface area contributed by atoms with Crippen LogP contribution in [0.2, 0.25) is 0 Å². The Balaban J connectivity index is 1.65. The van der Waals surface area contributed by atoms with Crippen LogP contribution in [-0.2, 0) is 21.5 Å². The number of hydrogen-bond donors (Lipinski definition) is 1. The van der Waals surface area contributed by atoms with Gasteiger partial charge in [0.15, 0.2) is 12.4 Å². The maximum Gasteiger partial charge on any atom is 0.344 e. The molecule has 3 heterocycles. The van der Waals surface area contributed by atoms with Crippen LogP contribution in [0.3, 0.4) is 0 Å². The molecule has 0 aliphatic carbocycles. The van der Waals surface area contributed by atoms with Gasteiger partial charge in [-0.3, -0.25) is 4.79 Å². The summed E-state index contributed by atoms with van der Waals surface area (Å²) in [6.45, 7) is 7.44. The molecular formula is C27H32N2O7S. The minimum atomic E-state index is -4.24. The van der Waals surface area contributed by atoms with Crippen molar-refractivity contribution in [1.82, 2.24) is 0 Å². The second kappa shape index (κ2) is 10.3. The van der Waals surface area contributed by atoms with Crippen LogP contribution in [0.5, 0.6) is 0 Å². The van der Waals surface area contributed by atoms with Gasteiger partial charge in [0.2, 0.25) is 0 Å². The molecule has 0 bridgehead atoms. The molecule has 4 rings (SSSR count). The normalized spacial score (nSPS) is 17.1. The van der Waals surface area contributed by atoms with Gasteiger partial charge >= 0.3 is 11.6 Å². The highest BCUT2D eigenvalue weighted by molar-refractivity contribution is 7.85. The summed E-state index contributed by atoms with van der Waals surface area (Å²) >= 11 is 0. The number of pyridine rings is 1. The number of carbonyl (C=O) groups is 1. The molecule has 0 fully saturated rings. The number of nitrogens with zero attached hydrogens (tertiary/aromatic N) is 2. The van der Waals surface area contributed by atoms with Crippen molar-refractivity contribution in [3.63, 3.8) is 0 Å². The zero-order valence-corrected chi connectivity index (χ0v) is 22.1. The van der Waals surface area contributed by atoms with Crippen LogP contribution in [0.15, 0.2) is 51.9 Å². The second-order valence-electron chi connectivity index (χ2n) is 10.4. The van der Waals surface area contributed by atoms with E-state index >= 15 is 0 Å². The first-order valence-corrected chi connectivity index (χ1v) is 14.0. The lowest BCUT2D eigenvalue weighted by molar-refractivity contribution is -0.696. The summed E-state index contributed by atoms with van der Waals surface area (Å²) < 4.78 is 39.9. The molecule has 1 atom stereocenters. The summed E-state index contributed by atoms with van der Waals surface area (Å²) in [6.07, 6.45) is 5.22. The number of carboxylic acids is 1. The number of anilines is 1. The van der Waals surface area contributed by atoms with Crippen molar-refractivity contribution in [2.24, 2.45) is 0 Å². The van der Waals surface area contributed by atoms with Crippen molar-refractivity contribution >= 4 is 32.7 Å². The molecule has 9 nitrogen and oxygen atoms in total. The highest BCUT2D eigenvalue weighted by atomic mass is 32.2. The van der Waals surface area contributed by atoms with E-state index in [1.165, 1.54) is 0 Å². The predicted molar refractivity (Wildman–Crippen MR) is 139 cm³/mol. The summed E-state index contributed by atoms with van der Waals surface area (Å²) in [7, 11) is -4.24. The number of aryl methyl sites for hydroxylation is 1. The quantitative estimate of drug-likeness (QED) is 0.253. The molecule has 10 heteroatoms. The molecule has 0 radical (unpaired) electrons. The lowest BCUT2D eigenvalue weighted by Crippen LogP contribution is -2.48. The van der Waals surface area contributed by atoms with Crippen LogP contribution in [0.4, 0.5) is 5.69 Å². The number of aliphatic carboxylic acids is 1. The van der Waals surface area contributed by atoms with E-state index in [-0.39, 0.29) is 24.3 Å². The van der Waals surface area contributed by atoms with Crippen molar-refractivity contribution in [3.05, 3.63) is 58.7 Å². The van der Waals surface area contributed by atoms with Crippen LogP contribution >= 0.6 is 0 Å². The predicted octanol–water partition coefficient (Wildman–Crippen LogP) is 3.64. The highest BCUT2D eigenvalue weighted by Crippen LogP contribution is 2.45. The summed E-state index contributed by atoms with van der Waals surface area (Å²) in [5.74, 6) is -0.969. The molecule has 1 unspecified atom stereocenters. The van der Waals surface area contributed by atoms with E-state index in [0.717, 1.165) is 23.1 Å². The van der Waals surface area contributed by atoms with Crippen molar-refractivity contribution in [3.8, 4) is 11.1 Å². The van der Waals surface area contributed by atoms with E-state index in [0.29, 0.717) is 36.2 Å². The zero-order valence-electron chi connectivity index (χ0n) is 21.3. The molecule has 198 valence electrons. The average molecular weight is 529 g/mol. The number of fused-ring (bicyclic) bond motifs is 2. The molecule has 0 amide bonds. The molecular weight excluding hydrogens is 496 g/mol. The van der Waals surface area contributed by atoms with Crippen molar-refractivity contribution < 1.29 is 31.9 Å². The Morgan fingerprint density at radius 3 is 2.57 bits per heavy atom. The third kappa shape index (κ3) is 6.19. The molecule has 0 saturated heterocycles. The fraction of sp³-hybridized carbons (Fsp3) is 0.444. The smallest absolute Gasteiger partial charge is 0.344 e. The van der Waals surface area contributed by atoms with Gasteiger partial charge in [-0.1, -0.05) is 6.92 Å². The topological polar surface area (TPSA) is 132 Å². The van der Waals surface area contributed by atoms with Crippen molar-refractivity contribution in [2.45, 2.75) is 64.5 Å². The monoisotopic (exact) mass is 528 g/mol. The van der Waals surface area contributed by atoms with Gasteiger partial charge in [0.05, 0.1) is 15.7 Å². The summed E-state index contributed by atoms with van der Waals surface area (Å²) in [6, 6.07) is 9.31. The number of carboxylic acid groups (broad SMARTS) is 1. The molecule has 37 heavy (non-hydrogen) atoms. The maximum absolute atomic E-state index is 12.9. The Kier molecular flexibility index (Phi) is 7.43. The minimum absolute atomic E-state index is 0.0955. The van der Waals surface area contributed by atoms with E-state index < -0.39 is 27.5 Å². The first kappa shape index (κ1) is 26.8. The molecule has 2 aromatic heterocycles. The third-order valence-electron chi connectivity index (χ3n) is 7.02. The highest BCUT2D eigenvalue weighted by Gasteiger charge is 2.36. The van der Waals surface area contributed by atoms with Crippen LogP contribution in [0.1, 0.15) is 57.9 Å². The fourth-order valence-corrected chi connectivity index (χ4v) is 5.80. The molecule has 1 aromatic carbocycles. The Morgan fingerprint density at radius 2 is 1.92 bits per heavy atom. The fourth-order valence-electron chi connectivity index (χ4n) is 5.32. The van der Waals surface area contributed by atoms with Crippen LogP contribution in [-0.4, -0.2) is 41.9 Å². The Hall–Kier alpha value is -3.24. The first-order chi connectivity index (χ1) is 17.3. The van der Waals surface area contributed by atoms with Gasteiger partial charge < -0.3 is 19.0 Å². The van der Waals surface area contributed by atoms with Gasteiger partial charge in [-0.2, -0.15) is 0 Å². The van der Waals surface area contributed by atoms with E-state index in [1.54, 1.807) is 29.1 Å². The number of benzene rings is 1. The van der Waals surface area contributed by atoms with E-state index in [9.17, 15) is 22.6 Å². The SMILES string of the molecule is CC1CC(C)(C)N(CCCC(=O)O)c2cc3oc(=O)c(-c4cc[n+](CCCS(=O)(=O)[O-])cc4)cc3cc21. The second-order valence-corrected chi connectivity index (χ2v) is 11.9. The first-order valence-electron chi connectivity index (χ1n) is 12.4. The van der Waals surface area contributed by atoms with Gasteiger partial charge in [0, 0.05) is 65.5 Å².